The molecule has 0 radical (unpaired) electrons. The minimum atomic E-state index is -4.78. The van der Waals surface area contributed by atoms with Gasteiger partial charge in [-0.1, -0.05) is 45.1 Å². The average Bonchev–Trinajstić information content (AvgIpc) is 3.15. The maximum Gasteiger partial charge on any atom is 0.573 e. The maximum atomic E-state index is 13.2. The van der Waals surface area contributed by atoms with Crippen LogP contribution in [0.5, 0.6) is 5.75 Å². The number of carboxylic acids is 1. The third-order valence-electron chi connectivity index (χ3n) is 6.11. The van der Waals surface area contributed by atoms with Gasteiger partial charge in [0.15, 0.2) is 0 Å². The van der Waals surface area contributed by atoms with E-state index in [1.807, 2.05) is 19.9 Å². The van der Waals surface area contributed by atoms with Crippen molar-refractivity contribution in [1.29, 1.82) is 0 Å². The van der Waals surface area contributed by atoms with Gasteiger partial charge in [-0.3, -0.25) is 4.79 Å². The number of ether oxygens (including phenoxy) is 2. The molecule has 1 aromatic carbocycles. The summed E-state index contributed by atoms with van der Waals surface area (Å²) in [5, 5.41) is 12.2. The van der Waals surface area contributed by atoms with Gasteiger partial charge in [0, 0.05) is 5.92 Å². The summed E-state index contributed by atoms with van der Waals surface area (Å²) in [7, 11) is 0. The number of rotatable bonds is 9. The zero-order valence-corrected chi connectivity index (χ0v) is 20.6. The number of nitrogens with one attached hydrogen (secondary N) is 1. The SMILES string of the molecule is CCC(C)(C)[C@H](NC(=O)C1=C(OCc2ccc(OC(F)(F)F)cc2)C2SC(C)=CC2C=C1)C(=O)O. The number of fused-ring (bicyclic) bond motifs is 1. The van der Waals surface area contributed by atoms with Crippen molar-refractivity contribution < 1.29 is 37.3 Å². The summed E-state index contributed by atoms with van der Waals surface area (Å²) in [5.74, 6) is -1.60. The van der Waals surface area contributed by atoms with Crippen LogP contribution in [0.3, 0.4) is 0 Å². The number of halogens is 3. The number of hydrogen-bond donors (Lipinski definition) is 2. The highest BCUT2D eigenvalue weighted by Crippen LogP contribution is 2.45. The number of carboxylic acid groups (broad SMARTS) is 1. The minimum Gasteiger partial charge on any atom is -0.491 e. The number of aliphatic carboxylic acids is 1. The van der Waals surface area contributed by atoms with Crippen LogP contribution in [0.2, 0.25) is 0 Å². The summed E-state index contributed by atoms with van der Waals surface area (Å²) >= 11 is 1.54. The van der Waals surface area contributed by atoms with E-state index in [-0.39, 0.29) is 29.1 Å². The van der Waals surface area contributed by atoms with Crippen molar-refractivity contribution in [2.75, 3.05) is 0 Å². The lowest BCUT2D eigenvalue weighted by atomic mass is 9.81. The second kappa shape index (κ2) is 10.4. The van der Waals surface area contributed by atoms with Gasteiger partial charge in [-0.05, 0) is 47.4 Å². The molecule has 1 aliphatic heterocycles. The van der Waals surface area contributed by atoms with Gasteiger partial charge >= 0.3 is 12.3 Å². The Morgan fingerprint density at radius 2 is 1.86 bits per heavy atom. The summed E-state index contributed by atoms with van der Waals surface area (Å²) in [6.07, 6.45) is 1.35. The second-order valence-electron chi connectivity index (χ2n) is 9.10. The van der Waals surface area contributed by atoms with Crippen LogP contribution in [-0.2, 0) is 20.9 Å². The normalized spacial score (nSPS) is 20.7. The van der Waals surface area contributed by atoms with Crippen molar-refractivity contribution in [2.45, 2.75) is 58.4 Å². The average molecular weight is 512 g/mol. The number of allylic oxidation sites excluding steroid dienone is 3. The van der Waals surface area contributed by atoms with Crippen molar-refractivity contribution in [1.82, 2.24) is 5.32 Å². The Morgan fingerprint density at radius 1 is 1.20 bits per heavy atom. The van der Waals surface area contributed by atoms with Crippen molar-refractivity contribution >= 4 is 23.6 Å². The minimum absolute atomic E-state index is 0.0106. The summed E-state index contributed by atoms with van der Waals surface area (Å²) < 4.78 is 47.2. The molecule has 0 bridgehead atoms. The van der Waals surface area contributed by atoms with Crippen LogP contribution in [0.25, 0.3) is 0 Å². The molecule has 1 aromatic rings. The first kappa shape index (κ1) is 26.7. The van der Waals surface area contributed by atoms with E-state index in [4.69, 9.17) is 4.74 Å². The molecule has 3 atom stereocenters. The molecule has 35 heavy (non-hydrogen) atoms. The molecule has 0 fully saturated rings. The van der Waals surface area contributed by atoms with Gasteiger partial charge in [0.25, 0.3) is 5.91 Å². The third kappa shape index (κ3) is 6.62. The molecule has 1 aliphatic carbocycles. The first-order valence-corrected chi connectivity index (χ1v) is 12.0. The number of carbonyl (C=O) groups excluding carboxylic acids is 1. The number of benzene rings is 1. The van der Waals surface area contributed by atoms with Crippen LogP contribution in [0.15, 0.2) is 58.7 Å². The lowest BCUT2D eigenvalue weighted by molar-refractivity contribution is -0.274. The molecular formula is C25H28F3NO5S. The summed E-state index contributed by atoms with van der Waals surface area (Å²) in [5.41, 5.74) is 0.142. The summed E-state index contributed by atoms with van der Waals surface area (Å²) in [6.45, 7) is 7.37. The van der Waals surface area contributed by atoms with Gasteiger partial charge in [0.05, 0.1) is 10.8 Å². The smallest absolute Gasteiger partial charge is 0.491 e. The summed E-state index contributed by atoms with van der Waals surface area (Å²) in [6, 6.07) is 4.19. The highest BCUT2D eigenvalue weighted by Gasteiger charge is 2.39. The molecule has 10 heteroatoms. The highest BCUT2D eigenvalue weighted by molar-refractivity contribution is 8.04. The van der Waals surface area contributed by atoms with E-state index in [9.17, 15) is 27.9 Å². The standard InChI is InChI=1S/C25H28F3NO5S/c1-5-24(3,4)21(23(31)32)29-22(30)18-11-8-16-12-14(2)35-20(16)19(18)33-13-15-6-9-17(10-7-15)34-25(26,27)28/h6-12,16,20-21H,5,13H2,1-4H3,(H,29,30)(H,31,32)/t16?,20?,21-/m1/s1. The molecule has 6 nitrogen and oxygen atoms in total. The molecule has 0 spiro atoms. The highest BCUT2D eigenvalue weighted by atomic mass is 32.2. The molecular weight excluding hydrogens is 483 g/mol. The summed E-state index contributed by atoms with van der Waals surface area (Å²) in [4.78, 5) is 26.2. The van der Waals surface area contributed by atoms with E-state index in [1.165, 1.54) is 24.3 Å². The van der Waals surface area contributed by atoms with Crippen LogP contribution in [0.1, 0.15) is 39.7 Å². The fourth-order valence-corrected chi connectivity index (χ4v) is 5.07. The Bertz CT molecular complexity index is 1060. The van der Waals surface area contributed by atoms with Crippen molar-refractivity contribution in [3.8, 4) is 5.75 Å². The van der Waals surface area contributed by atoms with Crippen LogP contribution in [0.4, 0.5) is 13.2 Å². The van der Waals surface area contributed by atoms with Crippen molar-refractivity contribution in [2.24, 2.45) is 11.3 Å². The van der Waals surface area contributed by atoms with Crippen LogP contribution in [0, 0.1) is 11.3 Å². The lowest BCUT2D eigenvalue weighted by Gasteiger charge is -2.32. The topological polar surface area (TPSA) is 84.9 Å². The molecule has 1 heterocycles. The Hall–Kier alpha value is -2.88. The Morgan fingerprint density at radius 3 is 2.43 bits per heavy atom. The first-order valence-electron chi connectivity index (χ1n) is 11.1. The second-order valence-corrected chi connectivity index (χ2v) is 10.5. The van der Waals surface area contributed by atoms with Crippen LogP contribution < -0.4 is 10.1 Å². The quantitative estimate of drug-likeness (QED) is 0.451. The number of hydrogen-bond acceptors (Lipinski definition) is 5. The largest absolute Gasteiger partial charge is 0.573 e. The van der Waals surface area contributed by atoms with E-state index in [2.05, 4.69) is 16.1 Å². The number of thioether (sulfide) groups is 1. The molecule has 2 unspecified atom stereocenters. The van der Waals surface area contributed by atoms with Crippen LogP contribution in [-0.4, -0.2) is 34.6 Å². The zero-order chi connectivity index (χ0) is 26.0. The lowest BCUT2D eigenvalue weighted by Crippen LogP contribution is -2.50. The van der Waals surface area contributed by atoms with Gasteiger partial charge < -0.3 is 19.9 Å². The fourth-order valence-electron chi connectivity index (χ4n) is 3.80. The number of amides is 1. The van der Waals surface area contributed by atoms with E-state index < -0.39 is 29.7 Å². The van der Waals surface area contributed by atoms with E-state index in [0.29, 0.717) is 17.7 Å². The van der Waals surface area contributed by atoms with Gasteiger partial charge in [-0.15, -0.1) is 24.9 Å². The van der Waals surface area contributed by atoms with Crippen molar-refractivity contribution in [3.63, 3.8) is 0 Å². The van der Waals surface area contributed by atoms with Gasteiger partial charge in [0.1, 0.15) is 24.2 Å². The molecule has 0 saturated carbocycles. The fraction of sp³-hybridized carbons (Fsp3) is 0.440. The number of carbonyl (C=O) groups is 2. The molecule has 190 valence electrons. The van der Waals surface area contributed by atoms with Gasteiger partial charge in [0.2, 0.25) is 0 Å². The molecule has 0 aromatic heterocycles. The van der Waals surface area contributed by atoms with Gasteiger partial charge in [-0.25, -0.2) is 4.79 Å². The maximum absolute atomic E-state index is 13.2. The zero-order valence-electron chi connectivity index (χ0n) is 19.8. The van der Waals surface area contributed by atoms with Crippen molar-refractivity contribution in [3.05, 3.63) is 64.3 Å². The monoisotopic (exact) mass is 511 g/mol. The molecule has 2 N–H and O–H groups in total. The van der Waals surface area contributed by atoms with E-state index >= 15 is 0 Å². The Labute approximate surface area is 206 Å². The molecule has 2 aliphatic rings. The number of alkyl halides is 3. The van der Waals surface area contributed by atoms with Crippen LogP contribution >= 0.6 is 11.8 Å². The predicted octanol–water partition coefficient (Wildman–Crippen LogP) is 5.57. The first-order chi connectivity index (χ1) is 16.3. The predicted molar refractivity (Wildman–Crippen MR) is 126 cm³/mol. The molecule has 3 rings (SSSR count). The van der Waals surface area contributed by atoms with E-state index in [0.717, 1.165) is 4.91 Å². The van der Waals surface area contributed by atoms with Gasteiger partial charge in [-0.2, -0.15) is 0 Å². The molecule has 0 saturated heterocycles. The molecule has 1 amide bonds. The Kier molecular flexibility index (Phi) is 7.93. The Balaban J connectivity index is 1.83. The third-order valence-corrected chi connectivity index (χ3v) is 7.40. The van der Waals surface area contributed by atoms with E-state index in [1.54, 1.807) is 31.7 Å².